The summed E-state index contributed by atoms with van der Waals surface area (Å²) in [7, 11) is -5.00. The van der Waals surface area contributed by atoms with Crippen LogP contribution in [-0.4, -0.2) is 72.5 Å². The zero-order chi connectivity index (χ0) is 34.0. The molecule has 3 N–H and O–H groups in total. The Labute approximate surface area is 285 Å². The topological polar surface area (TPSA) is 164 Å². The SMILES string of the molecule is N#C[C@H]1[C@H](c2cncc(Cl)c2)CN(C(=O)[C@@H]2CC[C@@H]3CCCC[C@H](NC(=O)c4cc5cc([C@H](F)P(=O)(O)O)ccc5s4)C(=O)N32)C12CC2. The van der Waals surface area contributed by atoms with Crippen LogP contribution < -0.4 is 5.32 Å². The van der Waals surface area contributed by atoms with Crippen LogP contribution in [0.4, 0.5) is 4.39 Å². The van der Waals surface area contributed by atoms with Crippen LogP contribution >= 0.6 is 30.5 Å². The van der Waals surface area contributed by atoms with Crippen LogP contribution in [0.5, 0.6) is 0 Å². The maximum absolute atomic E-state index is 14.4. The second-order valence-corrected chi connectivity index (χ2v) is 16.5. The molecule has 3 aliphatic heterocycles. The first kappa shape index (κ1) is 33.1. The third-order valence-electron chi connectivity index (χ3n) is 10.5. The van der Waals surface area contributed by atoms with Gasteiger partial charge in [-0.05, 0) is 79.3 Å². The number of carbonyl (C=O) groups is 3. The molecule has 48 heavy (non-hydrogen) atoms. The second kappa shape index (κ2) is 12.5. The van der Waals surface area contributed by atoms with Gasteiger partial charge in [0.1, 0.15) is 12.1 Å². The van der Waals surface area contributed by atoms with Crippen molar-refractivity contribution >= 4 is 58.3 Å². The third kappa shape index (κ3) is 5.81. The number of aromatic nitrogens is 1. The van der Waals surface area contributed by atoms with E-state index in [0.717, 1.165) is 36.2 Å². The summed E-state index contributed by atoms with van der Waals surface area (Å²) in [6.45, 7) is 0.341. The number of halogens is 2. The zero-order valence-electron chi connectivity index (χ0n) is 25.8. The molecule has 1 aliphatic carbocycles. The largest absolute Gasteiger partial charge is 0.363 e. The van der Waals surface area contributed by atoms with E-state index in [1.54, 1.807) is 17.2 Å². The number of amides is 3. The fourth-order valence-corrected chi connectivity index (χ4v) is 9.69. The molecule has 4 fully saturated rings. The lowest BCUT2D eigenvalue weighted by Crippen LogP contribution is -2.57. The first-order chi connectivity index (χ1) is 22.9. The number of alkyl halides is 1. The molecule has 1 spiro atoms. The van der Waals surface area contributed by atoms with E-state index in [-0.39, 0.29) is 34.2 Å². The number of nitrogens with one attached hydrogen (secondary N) is 1. The van der Waals surface area contributed by atoms with Crippen molar-refractivity contribution < 1.29 is 33.1 Å². The minimum Gasteiger partial charge on any atom is -0.340 e. The molecular formula is C33H34ClFN5O6PS. The Balaban J connectivity index is 1.11. The van der Waals surface area contributed by atoms with Gasteiger partial charge in [0, 0.05) is 35.6 Å². The summed E-state index contributed by atoms with van der Waals surface area (Å²) in [5, 5.41) is 14.0. The van der Waals surface area contributed by atoms with E-state index in [0.29, 0.717) is 53.8 Å². The molecule has 15 heteroatoms. The molecule has 1 saturated carbocycles. The van der Waals surface area contributed by atoms with Gasteiger partial charge in [-0.1, -0.05) is 30.5 Å². The standard InChI is InChI=1S/C33H34ClFN5O6PS/c34-21-12-20(15-37-16-21)23-17-39(33(9-10-33)24(23)14-36)32(43)26-7-6-22-3-1-2-4-25(31(42)40(22)26)38-30(41)28-13-19-11-18(5-8-27(19)48-28)29(35)47(44,45)46/h5,8,11-13,15-16,22-26,29H,1-4,6-7,9-10,17H2,(H,38,41)(H2,44,45,46)/t22-,23-,24-,25-,26-,29+/m0/s1. The molecule has 3 aromatic rings. The Hall–Kier alpha value is -3.40. The van der Waals surface area contributed by atoms with Crippen LogP contribution in [0.2, 0.25) is 5.02 Å². The molecule has 11 nitrogen and oxygen atoms in total. The third-order valence-corrected chi connectivity index (χ3v) is 12.7. The van der Waals surface area contributed by atoms with E-state index in [9.17, 15) is 38.4 Å². The summed E-state index contributed by atoms with van der Waals surface area (Å²) in [6.07, 6.45) is 8.58. The minimum atomic E-state index is -5.00. The number of pyridine rings is 1. The number of nitrogens with zero attached hydrogens (tertiary/aromatic N) is 4. The Morgan fingerprint density at radius 2 is 1.92 bits per heavy atom. The van der Waals surface area contributed by atoms with Gasteiger partial charge in [-0.3, -0.25) is 23.9 Å². The molecular weight excluding hydrogens is 680 g/mol. The van der Waals surface area contributed by atoms with Crippen molar-refractivity contribution in [2.45, 2.75) is 86.9 Å². The number of carbonyl (C=O) groups excluding carboxylic acids is 3. The highest BCUT2D eigenvalue weighted by molar-refractivity contribution is 7.51. The lowest BCUT2D eigenvalue weighted by Gasteiger charge is -2.37. The van der Waals surface area contributed by atoms with Crippen LogP contribution in [-0.2, 0) is 14.2 Å². The fraction of sp³-hybridized carbons (Fsp3) is 0.485. The average molecular weight is 714 g/mol. The highest BCUT2D eigenvalue weighted by atomic mass is 35.5. The molecule has 6 atom stereocenters. The molecule has 0 unspecified atom stereocenters. The van der Waals surface area contributed by atoms with Crippen LogP contribution in [0.1, 0.15) is 84.0 Å². The molecule has 2 aromatic heterocycles. The van der Waals surface area contributed by atoms with Gasteiger partial charge in [-0.2, -0.15) is 5.26 Å². The van der Waals surface area contributed by atoms with E-state index >= 15 is 0 Å². The van der Waals surface area contributed by atoms with E-state index in [1.165, 1.54) is 30.5 Å². The smallest absolute Gasteiger partial charge is 0.340 e. The number of rotatable bonds is 6. The van der Waals surface area contributed by atoms with Gasteiger partial charge in [0.2, 0.25) is 17.7 Å². The first-order valence-electron chi connectivity index (χ1n) is 16.1. The summed E-state index contributed by atoms with van der Waals surface area (Å²) in [4.78, 5) is 68.6. The Kier molecular flexibility index (Phi) is 8.61. The van der Waals surface area contributed by atoms with Crippen LogP contribution in [0.15, 0.2) is 42.7 Å². The maximum atomic E-state index is 14.4. The second-order valence-electron chi connectivity index (χ2n) is 13.3. The summed E-state index contributed by atoms with van der Waals surface area (Å²) in [6, 6.07) is 8.20. The predicted octanol–water partition coefficient (Wildman–Crippen LogP) is 5.43. The van der Waals surface area contributed by atoms with Gasteiger partial charge in [0.25, 0.3) is 5.91 Å². The van der Waals surface area contributed by atoms with Crippen molar-refractivity contribution in [1.29, 1.82) is 5.26 Å². The number of likely N-dealkylation sites (tertiary alicyclic amines) is 1. The van der Waals surface area contributed by atoms with E-state index < -0.39 is 43.0 Å². The van der Waals surface area contributed by atoms with Gasteiger partial charge < -0.3 is 24.9 Å². The van der Waals surface area contributed by atoms with Gasteiger partial charge in [-0.25, -0.2) is 4.39 Å². The molecule has 7 rings (SSSR count). The Morgan fingerprint density at radius 1 is 1.15 bits per heavy atom. The molecule has 3 amide bonds. The van der Waals surface area contributed by atoms with Gasteiger partial charge in [-0.15, -0.1) is 11.3 Å². The van der Waals surface area contributed by atoms with Crippen molar-refractivity contribution in [3.63, 3.8) is 0 Å². The highest BCUT2D eigenvalue weighted by Crippen LogP contribution is 2.58. The summed E-state index contributed by atoms with van der Waals surface area (Å²) >= 11 is 7.36. The number of fused-ring (bicyclic) bond motifs is 2. The number of thiophene rings is 1. The monoisotopic (exact) mass is 713 g/mol. The van der Waals surface area contributed by atoms with Crippen molar-refractivity contribution in [3.8, 4) is 6.07 Å². The Morgan fingerprint density at radius 3 is 2.62 bits per heavy atom. The Bertz CT molecular complexity index is 1890. The van der Waals surface area contributed by atoms with E-state index in [2.05, 4.69) is 16.4 Å². The molecule has 252 valence electrons. The lowest BCUT2D eigenvalue weighted by molar-refractivity contribution is -0.148. The average Bonchev–Trinajstić information content (AvgIpc) is 3.39. The van der Waals surface area contributed by atoms with Gasteiger partial charge in [0.15, 0.2) is 0 Å². The molecule has 0 bridgehead atoms. The van der Waals surface area contributed by atoms with Gasteiger partial charge in [0.05, 0.1) is 27.4 Å². The van der Waals surface area contributed by atoms with Crippen LogP contribution in [0, 0.1) is 17.2 Å². The lowest BCUT2D eigenvalue weighted by atomic mass is 9.85. The maximum Gasteiger partial charge on any atom is 0.363 e. The quantitative estimate of drug-likeness (QED) is 0.285. The number of hydrogen-bond donors (Lipinski definition) is 3. The number of benzene rings is 1. The predicted molar refractivity (Wildman–Crippen MR) is 176 cm³/mol. The first-order valence-corrected chi connectivity index (χ1v) is 19.0. The van der Waals surface area contributed by atoms with Crippen molar-refractivity contribution in [1.82, 2.24) is 20.1 Å². The molecule has 4 aliphatic rings. The molecule has 3 saturated heterocycles. The fourth-order valence-electron chi connectivity index (χ4n) is 8.02. The summed E-state index contributed by atoms with van der Waals surface area (Å²) in [5.41, 5.74) is 0.0492. The van der Waals surface area contributed by atoms with Crippen molar-refractivity contribution in [3.05, 3.63) is 63.8 Å². The van der Waals surface area contributed by atoms with Crippen molar-refractivity contribution in [2.24, 2.45) is 5.92 Å². The summed E-state index contributed by atoms with van der Waals surface area (Å²) < 4.78 is 26.4. The van der Waals surface area contributed by atoms with E-state index in [4.69, 9.17) is 11.6 Å². The minimum absolute atomic E-state index is 0.131. The van der Waals surface area contributed by atoms with Gasteiger partial charge >= 0.3 is 7.60 Å². The highest BCUT2D eigenvalue weighted by Gasteiger charge is 2.64. The normalized spacial score (nSPS) is 27.3. The molecule has 0 radical (unpaired) electrons. The molecule has 5 heterocycles. The van der Waals surface area contributed by atoms with E-state index in [1.807, 2.05) is 4.90 Å². The number of nitriles is 1. The zero-order valence-corrected chi connectivity index (χ0v) is 28.3. The summed E-state index contributed by atoms with van der Waals surface area (Å²) in [5.74, 6) is -4.09. The van der Waals surface area contributed by atoms with Crippen molar-refractivity contribution in [2.75, 3.05) is 6.54 Å². The molecule has 1 aromatic carbocycles. The van der Waals surface area contributed by atoms with Crippen LogP contribution in [0.25, 0.3) is 10.1 Å². The van der Waals surface area contributed by atoms with Crippen LogP contribution in [0.3, 0.4) is 0 Å². The number of hydrogen-bond acceptors (Lipinski definition) is 7.